The van der Waals surface area contributed by atoms with Gasteiger partial charge in [-0.1, -0.05) is 0 Å². The van der Waals surface area contributed by atoms with E-state index in [2.05, 4.69) is 15.4 Å². The zero-order chi connectivity index (χ0) is 12.3. The summed E-state index contributed by atoms with van der Waals surface area (Å²) in [6.45, 7) is 1.90. The van der Waals surface area contributed by atoms with Gasteiger partial charge in [0, 0.05) is 25.0 Å². The van der Waals surface area contributed by atoms with E-state index in [9.17, 15) is 4.79 Å². The second-order valence-electron chi connectivity index (χ2n) is 3.86. The predicted molar refractivity (Wildman–Crippen MR) is 67.0 cm³/mol. The number of carbonyl (C=O) groups excluding carboxylic acids is 1. The normalized spacial score (nSPS) is 10.5. The Kier molecular flexibility index (Phi) is 3.53. The molecular weight excluding hydrogens is 236 g/mol. The minimum atomic E-state index is -0.0109. The van der Waals surface area contributed by atoms with Gasteiger partial charge in [0.2, 0.25) is 5.91 Å². The minimum absolute atomic E-state index is 0.0109. The number of amides is 1. The van der Waals surface area contributed by atoms with Gasteiger partial charge in [-0.15, -0.1) is 11.3 Å². The van der Waals surface area contributed by atoms with Gasteiger partial charge in [-0.3, -0.25) is 9.48 Å². The maximum Gasteiger partial charge on any atom is 0.226 e. The van der Waals surface area contributed by atoms with Gasteiger partial charge in [0.05, 0.1) is 11.9 Å². The third kappa shape index (κ3) is 3.39. The maximum absolute atomic E-state index is 11.6. The SMILES string of the molecule is Cc1csc(NC(=O)CCc2cnn(C)c2)n1. The van der Waals surface area contributed by atoms with Gasteiger partial charge in [0.15, 0.2) is 5.13 Å². The Bertz CT molecular complexity index is 517. The quantitative estimate of drug-likeness (QED) is 0.899. The van der Waals surface area contributed by atoms with Crippen molar-refractivity contribution in [3.05, 3.63) is 29.0 Å². The van der Waals surface area contributed by atoms with E-state index in [0.29, 0.717) is 18.0 Å². The number of aromatic nitrogens is 3. The Labute approximate surface area is 103 Å². The smallest absolute Gasteiger partial charge is 0.226 e. The second kappa shape index (κ2) is 5.09. The molecule has 17 heavy (non-hydrogen) atoms. The van der Waals surface area contributed by atoms with Crippen LogP contribution >= 0.6 is 11.3 Å². The zero-order valence-corrected chi connectivity index (χ0v) is 10.6. The van der Waals surface area contributed by atoms with Crippen molar-refractivity contribution in [2.75, 3.05) is 5.32 Å². The summed E-state index contributed by atoms with van der Waals surface area (Å²) in [5, 5.41) is 9.42. The molecule has 0 aliphatic rings. The van der Waals surface area contributed by atoms with Crippen molar-refractivity contribution in [1.29, 1.82) is 0 Å². The Morgan fingerprint density at radius 2 is 2.41 bits per heavy atom. The van der Waals surface area contributed by atoms with Crippen LogP contribution in [0.2, 0.25) is 0 Å². The Balaban J connectivity index is 1.82. The topological polar surface area (TPSA) is 59.8 Å². The molecular formula is C11H14N4OS. The van der Waals surface area contributed by atoms with Gasteiger partial charge in [-0.25, -0.2) is 4.98 Å². The summed E-state index contributed by atoms with van der Waals surface area (Å²) >= 11 is 1.44. The first kappa shape index (κ1) is 11.8. The van der Waals surface area contributed by atoms with Crippen LogP contribution in [0, 0.1) is 6.92 Å². The third-order valence-corrected chi connectivity index (χ3v) is 3.14. The Morgan fingerprint density at radius 1 is 1.59 bits per heavy atom. The average molecular weight is 250 g/mol. The molecule has 90 valence electrons. The van der Waals surface area contributed by atoms with Crippen LogP contribution in [0.3, 0.4) is 0 Å². The highest BCUT2D eigenvalue weighted by Crippen LogP contribution is 2.14. The fourth-order valence-electron chi connectivity index (χ4n) is 1.45. The van der Waals surface area contributed by atoms with Crippen LogP contribution < -0.4 is 5.32 Å². The van der Waals surface area contributed by atoms with Crippen LogP contribution in [-0.2, 0) is 18.3 Å². The predicted octanol–water partition coefficient (Wildman–Crippen LogP) is 1.76. The molecule has 0 bridgehead atoms. The van der Waals surface area contributed by atoms with Crippen molar-refractivity contribution in [3.8, 4) is 0 Å². The highest BCUT2D eigenvalue weighted by Gasteiger charge is 2.06. The number of anilines is 1. The molecule has 0 spiro atoms. The fourth-order valence-corrected chi connectivity index (χ4v) is 2.16. The molecule has 5 nitrogen and oxygen atoms in total. The van der Waals surface area contributed by atoms with Crippen LogP contribution in [-0.4, -0.2) is 20.7 Å². The molecule has 1 amide bonds. The first-order chi connectivity index (χ1) is 8.13. The van der Waals surface area contributed by atoms with E-state index in [1.165, 1.54) is 11.3 Å². The lowest BCUT2D eigenvalue weighted by Gasteiger charge is -1.99. The van der Waals surface area contributed by atoms with E-state index in [-0.39, 0.29) is 5.91 Å². The second-order valence-corrected chi connectivity index (χ2v) is 4.72. The third-order valence-electron chi connectivity index (χ3n) is 2.26. The highest BCUT2D eigenvalue weighted by atomic mass is 32.1. The summed E-state index contributed by atoms with van der Waals surface area (Å²) < 4.78 is 1.73. The van der Waals surface area contributed by atoms with E-state index in [4.69, 9.17) is 0 Å². The molecule has 1 N–H and O–H groups in total. The molecule has 0 radical (unpaired) electrons. The summed E-state index contributed by atoms with van der Waals surface area (Å²) in [4.78, 5) is 15.8. The summed E-state index contributed by atoms with van der Waals surface area (Å²) in [5.74, 6) is -0.0109. The summed E-state index contributed by atoms with van der Waals surface area (Å²) in [7, 11) is 1.86. The monoisotopic (exact) mass is 250 g/mol. The number of rotatable bonds is 4. The van der Waals surface area contributed by atoms with Crippen molar-refractivity contribution < 1.29 is 4.79 Å². The van der Waals surface area contributed by atoms with Crippen LogP contribution in [0.25, 0.3) is 0 Å². The zero-order valence-electron chi connectivity index (χ0n) is 9.80. The lowest BCUT2D eigenvalue weighted by Crippen LogP contribution is -2.11. The van der Waals surface area contributed by atoms with Gasteiger partial charge in [-0.05, 0) is 18.9 Å². The number of hydrogen-bond acceptors (Lipinski definition) is 4. The van der Waals surface area contributed by atoms with E-state index in [1.54, 1.807) is 10.9 Å². The average Bonchev–Trinajstić information content (AvgIpc) is 2.85. The molecule has 2 rings (SSSR count). The fraction of sp³-hybridized carbons (Fsp3) is 0.364. The van der Waals surface area contributed by atoms with Gasteiger partial charge in [0.25, 0.3) is 0 Å². The molecule has 0 atom stereocenters. The molecule has 0 unspecified atom stereocenters. The molecule has 0 saturated heterocycles. The number of nitrogens with one attached hydrogen (secondary N) is 1. The molecule has 0 aliphatic carbocycles. The summed E-state index contributed by atoms with van der Waals surface area (Å²) in [6.07, 6.45) is 4.84. The number of aryl methyl sites for hydroxylation is 3. The Morgan fingerprint density at radius 3 is 3.00 bits per heavy atom. The Hall–Kier alpha value is -1.69. The number of carbonyl (C=O) groups is 1. The first-order valence-corrected chi connectivity index (χ1v) is 6.21. The standard InChI is InChI=1S/C11H14N4OS/c1-8-7-17-11(13-8)14-10(16)4-3-9-5-12-15(2)6-9/h5-7H,3-4H2,1-2H3,(H,13,14,16). The molecule has 0 fully saturated rings. The summed E-state index contributed by atoms with van der Waals surface area (Å²) in [6, 6.07) is 0. The van der Waals surface area contributed by atoms with Crippen LogP contribution in [0.15, 0.2) is 17.8 Å². The van der Waals surface area contributed by atoms with Crippen molar-refractivity contribution in [2.24, 2.45) is 7.05 Å². The molecule has 0 aromatic carbocycles. The lowest BCUT2D eigenvalue weighted by atomic mass is 10.2. The van der Waals surface area contributed by atoms with Gasteiger partial charge >= 0.3 is 0 Å². The maximum atomic E-state index is 11.6. The number of nitrogens with zero attached hydrogens (tertiary/aromatic N) is 3. The van der Waals surface area contributed by atoms with E-state index >= 15 is 0 Å². The molecule has 2 aromatic rings. The number of thiazole rings is 1. The summed E-state index contributed by atoms with van der Waals surface area (Å²) in [5.41, 5.74) is 2.00. The van der Waals surface area contributed by atoms with Gasteiger partial charge in [-0.2, -0.15) is 5.10 Å². The van der Waals surface area contributed by atoms with Gasteiger partial charge in [0.1, 0.15) is 0 Å². The molecule has 0 saturated carbocycles. The van der Waals surface area contributed by atoms with Crippen LogP contribution in [0.4, 0.5) is 5.13 Å². The molecule has 0 aliphatic heterocycles. The molecule has 2 aromatic heterocycles. The van der Waals surface area contributed by atoms with E-state index in [1.807, 2.05) is 25.5 Å². The van der Waals surface area contributed by atoms with E-state index in [0.717, 1.165) is 11.3 Å². The van der Waals surface area contributed by atoms with Crippen LogP contribution in [0.5, 0.6) is 0 Å². The highest BCUT2D eigenvalue weighted by molar-refractivity contribution is 7.13. The van der Waals surface area contributed by atoms with Crippen molar-refractivity contribution in [2.45, 2.75) is 19.8 Å². The molecule has 6 heteroatoms. The minimum Gasteiger partial charge on any atom is -0.302 e. The van der Waals surface area contributed by atoms with Crippen molar-refractivity contribution >= 4 is 22.4 Å². The van der Waals surface area contributed by atoms with Crippen molar-refractivity contribution in [1.82, 2.24) is 14.8 Å². The van der Waals surface area contributed by atoms with Gasteiger partial charge < -0.3 is 5.32 Å². The lowest BCUT2D eigenvalue weighted by molar-refractivity contribution is -0.116. The van der Waals surface area contributed by atoms with Crippen LogP contribution in [0.1, 0.15) is 17.7 Å². The first-order valence-electron chi connectivity index (χ1n) is 5.33. The number of hydrogen-bond donors (Lipinski definition) is 1. The molecule has 2 heterocycles. The largest absolute Gasteiger partial charge is 0.302 e. The van der Waals surface area contributed by atoms with E-state index < -0.39 is 0 Å². The van der Waals surface area contributed by atoms with Crippen molar-refractivity contribution in [3.63, 3.8) is 0 Å².